The van der Waals surface area contributed by atoms with E-state index in [-0.39, 0.29) is 29.5 Å². The minimum Gasteiger partial charge on any atom is -0.364 e. The fourth-order valence-corrected chi connectivity index (χ4v) is 3.39. The van der Waals surface area contributed by atoms with Gasteiger partial charge in [-0.1, -0.05) is 18.2 Å². The van der Waals surface area contributed by atoms with Crippen molar-refractivity contribution in [2.45, 2.75) is 12.6 Å². The highest BCUT2D eigenvalue weighted by atomic mass is 19.4. The molecule has 0 saturated carbocycles. The van der Waals surface area contributed by atoms with E-state index >= 15 is 0 Å². The maximum atomic E-state index is 12.7. The van der Waals surface area contributed by atoms with Crippen molar-refractivity contribution >= 4 is 35.2 Å². The van der Waals surface area contributed by atoms with Crippen LogP contribution in [0.4, 0.5) is 35.3 Å². The Balaban J connectivity index is 1.41. The lowest BCUT2D eigenvalue weighted by molar-refractivity contribution is -0.137. The summed E-state index contributed by atoms with van der Waals surface area (Å²) in [5.74, 6) is -0.607. The number of nitrogens with zero attached hydrogens (tertiary/aromatic N) is 2. The molecule has 0 saturated heterocycles. The zero-order valence-corrected chi connectivity index (χ0v) is 19.5. The number of nitrogens with one attached hydrogen (secondary N) is 4. The molecule has 194 valence electrons. The molecule has 0 aliphatic carbocycles. The second-order valence-electron chi connectivity index (χ2n) is 7.97. The van der Waals surface area contributed by atoms with Gasteiger partial charge in [-0.2, -0.15) is 13.2 Å². The number of rotatable bonds is 7. The highest BCUT2D eigenvalue weighted by molar-refractivity contribution is 6.04. The molecule has 2 aromatic carbocycles. The first-order valence-electron chi connectivity index (χ1n) is 11.0. The molecular formula is C25H20F3N7O3. The zero-order valence-electron chi connectivity index (χ0n) is 19.5. The van der Waals surface area contributed by atoms with Gasteiger partial charge in [0.2, 0.25) is 0 Å². The number of H-pyrrole nitrogens is 1. The monoisotopic (exact) mass is 523 g/mol. The van der Waals surface area contributed by atoms with Gasteiger partial charge in [0.1, 0.15) is 17.5 Å². The molecule has 0 atom stereocenters. The Kier molecular flexibility index (Phi) is 7.37. The Labute approximate surface area is 213 Å². The molecule has 0 unspecified atom stereocenters. The van der Waals surface area contributed by atoms with Gasteiger partial charge in [-0.25, -0.2) is 14.8 Å². The van der Waals surface area contributed by atoms with E-state index in [9.17, 15) is 27.6 Å². The van der Waals surface area contributed by atoms with Gasteiger partial charge < -0.3 is 21.4 Å². The van der Waals surface area contributed by atoms with Crippen molar-refractivity contribution < 1.29 is 27.6 Å². The molecule has 0 fully saturated rings. The third kappa shape index (κ3) is 6.51. The number of primary amides is 1. The summed E-state index contributed by atoms with van der Waals surface area (Å²) in [5.41, 5.74) is 5.53. The van der Waals surface area contributed by atoms with Crippen molar-refractivity contribution in [3.8, 4) is 0 Å². The highest BCUT2D eigenvalue weighted by Gasteiger charge is 2.30. The number of nitrogens with two attached hydrogens (primary N) is 1. The molecule has 13 heteroatoms. The van der Waals surface area contributed by atoms with Crippen molar-refractivity contribution in [3.05, 3.63) is 101 Å². The van der Waals surface area contributed by atoms with Crippen molar-refractivity contribution in [1.82, 2.24) is 15.0 Å². The lowest BCUT2D eigenvalue weighted by atomic mass is 10.1. The largest absolute Gasteiger partial charge is 0.416 e. The topological polar surface area (TPSA) is 155 Å². The molecule has 0 radical (unpaired) electrons. The number of aromatic nitrogens is 3. The van der Waals surface area contributed by atoms with E-state index in [1.54, 1.807) is 48.7 Å². The van der Waals surface area contributed by atoms with Gasteiger partial charge >= 0.3 is 12.2 Å². The van der Waals surface area contributed by atoms with Crippen LogP contribution in [0.5, 0.6) is 0 Å². The summed E-state index contributed by atoms with van der Waals surface area (Å²) in [4.78, 5) is 47.6. The van der Waals surface area contributed by atoms with Crippen LogP contribution in [-0.2, 0) is 12.6 Å². The number of anilines is 3. The van der Waals surface area contributed by atoms with E-state index in [4.69, 9.17) is 5.73 Å². The number of hydrogen-bond acceptors (Lipinski definition) is 5. The van der Waals surface area contributed by atoms with Gasteiger partial charge in [-0.05, 0) is 54.1 Å². The number of pyridine rings is 1. The van der Waals surface area contributed by atoms with Crippen molar-refractivity contribution in [2.24, 2.45) is 5.73 Å². The van der Waals surface area contributed by atoms with Gasteiger partial charge in [0, 0.05) is 23.9 Å². The number of carbonyl (C=O) groups excluding carboxylic acids is 3. The normalized spacial score (nSPS) is 11.0. The van der Waals surface area contributed by atoms with E-state index in [0.29, 0.717) is 17.2 Å². The number of carbonyl (C=O) groups is 3. The average molecular weight is 523 g/mol. The first-order chi connectivity index (χ1) is 18.1. The van der Waals surface area contributed by atoms with Crippen molar-refractivity contribution in [3.63, 3.8) is 0 Å². The number of hydrogen-bond donors (Lipinski definition) is 5. The molecule has 0 bridgehead atoms. The summed E-state index contributed by atoms with van der Waals surface area (Å²) in [5, 5.41) is 7.44. The molecule has 0 aliphatic rings. The average Bonchev–Trinajstić information content (AvgIpc) is 3.27. The van der Waals surface area contributed by atoms with E-state index in [1.165, 1.54) is 0 Å². The summed E-state index contributed by atoms with van der Waals surface area (Å²) in [7, 11) is 0. The summed E-state index contributed by atoms with van der Waals surface area (Å²) in [6.45, 7) is 0. The fourth-order valence-electron chi connectivity index (χ4n) is 3.39. The van der Waals surface area contributed by atoms with Gasteiger partial charge in [-0.3, -0.25) is 14.9 Å². The summed E-state index contributed by atoms with van der Waals surface area (Å²) >= 11 is 0. The predicted molar refractivity (Wildman–Crippen MR) is 133 cm³/mol. The number of halogens is 3. The van der Waals surface area contributed by atoms with Crippen LogP contribution >= 0.6 is 0 Å². The number of benzene rings is 2. The number of urea groups is 1. The molecule has 2 aromatic heterocycles. The van der Waals surface area contributed by atoms with Crippen LogP contribution in [0.1, 0.15) is 37.8 Å². The third-order valence-electron chi connectivity index (χ3n) is 5.19. The molecule has 38 heavy (non-hydrogen) atoms. The van der Waals surface area contributed by atoms with Gasteiger partial charge in [-0.15, -0.1) is 0 Å². The second kappa shape index (κ2) is 10.8. The Morgan fingerprint density at radius 1 is 0.895 bits per heavy atom. The maximum Gasteiger partial charge on any atom is 0.416 e. The first kappa shape index (κ1) is 25.9. The predicted octanol–water partition coefficient (Wildman–Crippen LogP) is 4.41. The number of aromatic amines is 1. The van der Waals surface area contributed by atoms with Crippen LogP contribution in [-0.4, -0.2) is 32.8 Å². The van der Waals surface area contributed by atoms with Gasteiger partial charge in [0.25, 0.3) is 11.8 Å². The number of amides is 4. The first-order valence-corrected chi connectivity index (χ1v) is 11.0. The molecule has 6 N–H and O–H groups in total. The molecule has 4 rings (SSSR count). The molecule has 2 heterocycles. The van der Waals surface area contributed by atoms with Gasteiger partial charge in [0.15, 0.2) is 5.69 Å². The fraction of sp³-hybridized carbons (Fsp3) is 0.0800. The zero-order chi connectivity index (χ0) is 27.3. The second-order valence-corrected chi connectivity index (χ2v) is 7.97. The van der Waals surface area contributed by atoms with Crippen LogP contribution in [0.3, 0.4) is 0 Å². The summed E-state index contributed by atoms with van der Waals surface area (Å²) in [6.07, 6.45) is -2.73. The Morgan fingerprint density at radius 3 is 2.21 bits per heavy atom. The Hall–Kier alpha value is -5.20. The minimum atomic E-state index is -4.50. The van der Waals surface area contributed by atoms with Crippen LogP contribution in [0.2, 0.25) is 0 Å². The minimum absolute atomic E-state index is 0.0803. The number of imidazole rings is 1. The third-order valence-corrected chi connectivity index (χ3v) is 5.19. The van der Waals surface area contributed by atoms with Gasteiger partial charge in [0.05, 0.1) is 5.56 Å². The Bertz CT molecular complexity index is 1450. The molecule has 10 nitrogen and oxygen atoms in total. The van der Waals surface area contributed by atoms with Crippen molar-refractivity contribution in [2.75, 3.05) is 16.0 Å². The van der Waals surface area contributed by atoms with Crippen LogP contribution in [0, 0.1) is 0 Å². The molecule has 0 aliphatic heterocycles. The van der Waals surface area contributed by atoms with Crippen LogP contribution < -0.4 is 21.7 Å². The SMILES string of the molecule is NC(=O)c1nc(Cc2ccc(C(=O)Nc3ccccn3)cc2)[nH]c1NC(=O)Nc1ccc(C(F)(F)F)cc1. The molecule has 0 spiro atoms. The maximum absolute atomic E-state index is 12.7. The Morgan fingerprint density at radius 2 is 1.61 bits per heavy atom. The number of alkyl halides is 3. The molecular weight excluding hydrogens is 503 g/mol. The lowest BCUT2D eigenvalue weighted by Crippen LogP contribution is -2.22. The quantitative estimate of drug-likeness (QED) is 0.243. The summed E-state index contributed by atoms with van der Waals surface area (Å²) < 4.78 is 38.1. The molecule has 4 amide bonds. The van der Waals surface area contributed by atoms with E-state index in [2.05, 4.69) is 30.9 Å². The van der Waals surface area contributed by atoms with E-state index in [0.717, 1.165) is 29.8 Å². The summed E-state index contributed by atoms with van der Waals surface area (Å²) in [6, 6.07) is 14.8. The highest BCUT2D eigenvalue weighted by Crippen LogP contribution is 2.29. The van der Waals surface area contributed by atoms with Crippen LogP contribution in [0.25, 0.3) is 0 Å². The van der Waals surface area contributed by atoms with Crippen molar-refractivity contribution in [1.29, 1.82) is 0 Å². The van der Waals surface area contributed by atoms with E-state index in [1.807, 2.05) is 0 Å². The molecule has 4 aromatic rings. The lowest BCUT2D eigenvalue weighted by Gasteiger charge is -2.09. The van der Waals surface area contributed by atoms with Crippen LogP contribution in [0.15, 0.2) is 72.9 Å². The van der Waals surface area contributed by atoms with E-state index < -0.39 is 23.7 Å². The standard InChI is InChI=1S/C25H20F3N7O3/c26-25(27,28)16-8-10-17(11-9-16)31-24(38)35-22-20(21(29)36)32-19(33-22)13-14-4-6-15(7-5-14)23(37)34-18-3-1-2-12-30-18/h1-12H,13H2,(H2,29,36)(H,32,33)(H,30,34,37)(H2,31,35,38). The smallest absolute Gasteiger partial charge is 0.364 e.